The Hall–Kier alpha value is -1.06. The predicted octanol–water partition coefficient (Wildman–Crippen LogP) is 2.00. The second-order valence-corrected chi connectivity index (χ2v) is 5.64. The largest absolute Gasteiger partial charge is 0.492 e. The van der Waals surface area contributed by atoms with E-state index in [4.69, 9.17) is 4.74 Å². The molecule has 0 aromatic heterocycles. The lowest BCUT2D eigenvalue weighted by Crippen LogP contribution is -2.37. The summed E-state index contributed by atoms with van der Waals surface area (Å²) in [6.07, 6.45) is 1.27. The molecule has 1 heterocycles. The van der Waals surface area contributed by atoms with Gasteiger partial charge in [-0.25, -0.2) is 0 Å². The van der Waals surface area contributed by atoms with Crippen molar-refractivity contribution < 1.29 is 4.74 Å². The van der Waals surface area contributed by atoms with Crippen LogP contribution in [0.1, 0.15) is 13.3 Å². The highest BCUT2D eigenvalue weighted by Crippen LogP contribution is 2.24. The van der Waals surface area contributed by atoms with Crippen molar-refractivity contribution in [1.82, 2.24) is 10.2 Å². The van der Waals surface area contributed by atoms with E-state index in [1.165, 1.54) is 6.42 Å². The molecule has 0 spiro atoms. The Labute approximate surface area is 110 Å². The molecule has 1 fully saturated rings. The van der Waals surface area contributed by atoms with Crippen LogP contribution < -0.4 is 10.1 Å². The van der Waals surface area contributed by atoms with Gasteiger partial charge in [-0.05, 0) is 37.6 Å². The van der Waals surface area contributed by atoms with E-state index in [2.05, 4.69) is 24.2 Å². The second kappa shape index (κ2) is 6.21. The van der Waals surface area contributed by atoms with E-state index in [0.29, 0.717) is 5.41 Å². The van der Waals surface area contributed by atoms with Gasteiger partial charge in [-0.3, -0.25) is 0 Å². The van der Waals surface area contributed by atoms with E-state index in [1.54, 1.807) is 0 Å². The zero-order valence-electron chi connectivity index (χ0n) is 11.5. The van der Waals surface area contributed by atoms with Gasteiger partial charge in [-0.15, -0.1) is 0 Å². The fraction of sp³-hybridized carbons (Fsp3) is 0.600. The van der Waals surface area contributed by atoms with Crippen molar-refractivity contribution in [2.45, 2.75) is 13.3 Å². The Bertz CT molecular complexity index is 347. The molecule has 3 heteroatoms. The van der Waals surface area contributed by atoms with Gasteiger partial charge >= 0.3 is 0 Å². The van der Waals surface area contributed by atoms with Crippen molar-refractivity contribution in [3.8, 4) is 5.75 Å². The molecule has 100 valence electrons. The van der Waals surface area contributed by atoms with Crippen LogP contribution in [0, 0.1) is 5.41 Å². The quantitative estimate of drug-likeness (QED) is 0.833. The number of hydrogen-bond acceptors (Lipinski definition) is 3. The van der Waals surface area contributed by atoms with Crippen molar-refractivity contribution in [1.29, 1.82) is 0 Å². The van der Waals surface area contributed by atoms with Crippen LogP contribution in [0.2, 0.25) is 0 Å². The zero-order chi connectivity index (χ0) is 12.8. The van der Waals surface area contributed by atoms with Gasteiger partial charge in [0.05, 0.1) is 0 Å². The highest BCUT2D eigenvalue weighted by Gasteiger charge is 2.29. The van der Waals surface area contributed by atoms with Gasteiger partial charge in [0.15, 0.2) is 0 Å². The molecule has 18 heavy (non-hydrogen) atoms. The molecular formula is C15H24N2O. The highest BCUT2D eigenvalue weighted by atomic mass is 16.5. The first-order valence-corrected chi connectivity index (χ1v) is 6.75. The number of benzene rings is 1. The molecule has 0 bridgehead atoms. The maximum atomic E-state index is 5.72. The summed E-state index contributed by atoms with van der Waals surface area (Å²) in [5.74, 6) is 0.958. The van der Waals surface area contributed by atoms with Gasteiger partial charge in [0.2, 0.25) is 0 Å². The molecule has 1 atom stereocenters. The lowest BCUT2D eigenvalue weighted by atomic mass is 9.89. The van der Waals surface area contributed by atoms with Gasteiger partial charge in [0.25, 0.3) is 0 Å². The van der Waals surface area contributed by atoms with Gasteiger partial charge in [0.1, 0.15) is 12.4 Å². The highest BCUT2D eigenvalue weighted by molar-refractivity contribution is 5.20. The average molecular weight is 248 g/mol. The first kappa shape index (κ1) is 13.4. The molecule has 0 aliphatic carbocycles. The number of hydrogen-bond donors (Lipinski definition) is 1. The summed E-state index contributed by atoms with van der Waals surface area (Å²) in [4.78, 5) is 2.37. The van der Waals surface area contributed by atoms with E-state index in [1.807, 2.05) is 30.3 Å². The third kappa shape index (κ3) is 4.00. The number of ether oxygens (including phenoxy) is 1. The molecule has 1 aromatic carbocycles. The lowest BCUT2D eigenvalue weighted by Gasteiger charge is -2.29. The predicted molar refractivity (Wildman–Crippen MR) is 75.0 cm³/mol. The van der Waals surface area contributed by atoms with Crippen LogP contribution in [0.25, 0.3) is 0 Å². The van der Waals surface area contributed by atoms with E-state index in [0.717, 1.165) is 38.5 Å². The minimum Gasteiger partial charge on any atom is -0.492 e. The third-order valence-corrected chi connectivity index (χ3v) is 3.59. The Kier molecular flexibility index (Phi) is 4.61. The zero-order valence-corrected chi connectivity index (χ0v) is 11.5. The van der Waals surface area contributed by atoms with Crippen LogP contribution in [-0.2, 0) is 0 Å². The van der Waals surface area contributed by atoms with Crippen LogP contribution in [0.4, 0.5) is 0 Å². The minimum atomic E-state index is 0.432. The number of rotatable bonds is 6. The van der Waals surface area contributed by atoms with Gasteiger partial charge in [-0.1, -0.05) is 25.1 Å². The smallest absolute Gasteiger partial charge is 0.119 e. The molecule has 1 unspecified atom stereocenters. The van der Waals surface area contributed by atoms with E-state index in [-0.39, 0.29) is 0 Å². The molecule has 1 aliphatic rings. The Balaban J connectivity index is 1.67. The van der Waals surface area contributed by atoms with Crippen molar-refractivity contribution in [3.05, 3.63) is 30.3 Å². The van der Waals surface area contributed by atoms with Crippen LogP contribution in [0.15, 0.2) is 30.3 Å². The van der Waals surface area contributed by atoms with Crippen LogP contribution in [0.3, 0.4) is 0 Å². The second-order valence-electron chi connectivity index (χ2n) is 5.64. The van der Waals surface area contributed by atoms with E-state index < -0.39 is 0 Å². The van der Waals surface area contributed by atoms with Crippen LogP contribution in [-0.4, -0.2) is 44.7 Å². The number of likely N-dealkylation sites (N-methyl/N-ethyl adjacent to an activating group) is 1. The first-order valence-electron chi connectivity index (χ1n) is 6.75. The molecule has 1 saturated heterocycles. The number of nitrogens with zero attached hydrogens (tertiary/aromatic N) is 1. The monoisotopic (exact) mass is 248 g/mol. The Morgan fingerprint density at radius 3 is 2.78 bits per heavy atom. The molecule has 1 N–H and O–H groups in total. The van der Waals surface area contributed by atoms with Crippen molar-refractivity contribution in [2.75, 3.05) is 39.8 Å². The van der Waals surface area contributed by atoms with E-state index >= 15 is 0 Å². The Morgan fingerprint density at radius 1 is 1.33 bits per heavy atom. The molecule has 3 nitrogen and oxygen atoms in total. The molecule has 1 aromatic rings. The Morgan fingerprint density at radius 2 is 2.11 bits per heavy atom. The average Bonchev–Trinajstić information content (AvgIpc) is 2.77. The van der Waals surface area contributed by atoms with Crippen molar-refractivity contribution >= 4 is 0 Å². The summed E-state index contributed by atoms with van der Waals surface area (Å²) in [7, 11) is 2.18. The fourth-order valence-electron chi connectivity index (χ4n) is 2.57. The molecular weight excluding hydrogens is 224 g/mol. The molecule has 0 radical (unpaired) electrons. The first-order chi connectivity index (χ1) is 8.68. The summed E-state index contributed by atoms with van der Waals surface area (Å²) in [6, 6.07) is 10.0. The lowest BCUT2D eigenvalue weighted by molar-refractivity contribution is 0.177. The molecule has 0 amide bonds. The maximum Gasteiger partial charge on any atom is 0.119 e. The maximum absolute atomic E-state index is 5.72. The van der Waals surface area contributed by atoms with Crippen molar-refractivity contribution in [2.24, 2.45) is 5.41 Å². The van der Waals surface area contributed by atoms with Crippen molar-refractivity contribution in [3.63, 3.8) is 0 Å². The molecule has 2 rings (SSSR count). The summed E-state index contributed by atoms with van der Waals surface area (Å²) in [5.41, 5.74) is 0.432. The van der Waals surface area contributed by atoms with E-state index in [9.17, 15) is 0 Å². The molecule has 0 saturated carbocycles. The summed E-state index contributed by atoms with van der Waals surface area (Å²) < 4.78 is 5.72. The number of para-hydroxylation sites is 1. The summed E-state index contributed by atoms with van der Waals surface area (Å²) >= 11 is 0. The van der Waals surface area contributed by atoms with Crippen LogP contribution in [0.5, 0.6) is 5.75 Å². The fourth-order valence-corrected chi connectivity index (χ4v) is 2.57. The summed E-state index contributed by atoms with van der Waals surface area (Å²) in [5, 5.41) is 3.44. The molecule has 1 aliphatic heterocycles. The van der Waals surface area contributed by atoms with Crippen LogP contribution >= 0.6 is 0 Å². The summed E-state index contributed by atoms with van der Waals surface area (Å²) in [6.45, 7) is 7.52. The topological polar surface area (TPSA) is 24.5 Å². The normalized spacial score (nSPS) is 23.5. The van der Waals surface area contributed by atoms with Gasteiger partial charge in [-0.2, -0.15) is 0 Å². The number of nitrogens with one attached hydrogen (secondary N) is 1. The minimum absolute atomic E-state index is 0.432. The standard InChI is InChI=1S/C15H24N2O/c1-15(8-9-16-12-15)13-17(2)10-11-18-14-6-4-3-5-7-14/h3-7,16H,8-13H2,1-2H3. The van der Waals surface area contributed by atoms with Gasteiger partial charge < -0.3 is 15.0 Å². The van der Waals surface area contributed by atoms with Gasteiger partial charge in [0, 0.05) is 19.6 Å². The third-order valence-electron chi connectivity index (χ3n) is 3.59. The SMILES string of the molecule is CN(CCOc1ccccc1)CC1(C)CCNC1.